The fourth-order valence-corrected chi connectivity index (χ4v) is 4.46. The number of rotatable bonds is 9. The molecule has 7 heteroatoms. The molecule has 0 N–H and O–H groups in total. The molecule has 0 bridgehead atoms. The first-order valence-electron chi connectivity index (χ1n) is 10.5. The lowest BCUT2D eigenvalue weighted by atomic mass is 10.1. The number of aromatic nitrogens is 2. The minimum Gasteiger partial charge on any atom is -0.494 e. The molecule has 2 aromatic carbocycles. The van der Waals surface area contributed by atoms with Gasteiger partial charge in [0.05, 0.1) is 32.5 Å². The number of benzene rings is 2. The Morgan fingerprint density at radius 2 is 1.78 bits per heavy atom. The molecule has 0 spiro atoms. The molecule has 4 aromatic rings. The van der Waals surface area contributed by atoms with Gasteiger partial charge in [0.2, 0.25) is 0 Å². The van der Waals surface area contributed by atoms with Gasteiger partial charge in [0.15, 0.2) is 11.5 Å². The summed E-state index contributed by atoms with van der Waals surface area (Å²) < 4.78 is 18.2. The normalized spacial score (nSPS) is 11.0. The van der Waals surface area contributed by atoms with Gasteiger partial charge in [0, 0.05) is 17.5 Å². The number of hydrogen-bond acceptors (Lipinski definition) is 6. The monoisotopic (exact) mass is 450 g/mol. The van der Waals surface area contributed by atoms with E-state index in [1.165, 1.54) is 16.9 Å². The largest absolute Gasteiger partial charge is 0.494 e. The Kier molecular flexibility index (Phi) is 6.75. The highest BCUT2D eigenvalue weighted by Gasteiger charge is 2.15. The molecule has 0 atom stereocenters. The molecule has 2 aromatic heterocycles. The van der Waals surface area contributed by atoms with Crippen LogP contribution in [0.4, 0.5) is 0 Å². The smallest absolute Gasteiger partial charge is 0.262 e. The molecule has 0 unspecified atom stereocenters. The standard InChI is InChI=1S/C25H26N2O4S/c1-17-6-9-19(10-7-17)31-13-5-4-12-27-16-26-24-23(25(27)28)20(15-32-24)18-8-11-21(29-2)22(14-18)30-3/h6-11,14-16H,4-5,12-13H2,1-3H3. The van der Waals surface area contributed by atoms with Crippen molar-refractivity contribution in [2.24, 2.45) is 0 Å². The van der Waals surface area contributed by atoms with Crippen molar-refractivity contribution in [2.75, 3.05) is 20.8 Å². The average molecular weight is 451 g/mol. The molecule has 166 valence electrons. The van der Waals surface area contributed by atoms with Gasteiger partial charge in [-0.3, -0.25) is 9.36 Å². The number of aryl methyl sites for hydroxylation is 2. The Labute approximate surface area is 191 Å². The van der Waals surface area contributed by atoms with Crippen molar-refractivity contribution in [3.05, 3.63) is 70.1 Å². The van der Waals surface area contributed by atoms with Gasteiger partial charge in [0.25, 0.3) is 5.56 Å². The molecular formula is C25H26N2O4S. The Balaban J connectivity index is 1.48. The van der Waals surface area contributed by atoms with Gasteiger partial charge < -0.3 is 14.2 Å². The molecule has 4 rings (SSSR count). The van der Waals surface area contributed by atoms with Crippen LogP contribution in [0.25, 0.3) is 21.3 Å². The Bertz CT molecular complexity index is 1260. The van der Waals surface area contributed by atoms with Gasteiger partial charge in [0.1, 0.15) is 10.6 Å². The van der Waals surface area contributed by atoms with E-state index in [1.54, 1.807) is 25.1 Å². The highest BCUT2D eigenvalue weighted by molar-refractivity contribution is 7.17. The first-order chi connectivity index (χ1) is 15.6. The molecule has 0 amide bonds. The summed E-state index contributed by atoms with van der Waals surface area (Å²) in [5.41, 5.74) is 2.94. The lowest BCUT2D eigenvalue weighted by Gasteiger charge is -2.10. The van der Waals surface area contributed by atoms with Crippen molar-refractivity contribution >= 4 is 21.6 Å². The van der Waals surface area contributed by atoms with Crippen LogP contribution in [0, 0.1) is 6.92 Å². The predicted molar refractivity (Wildman–Crippen MR) is 128 cm³/mol. The van der Waals surface area contributed by atoms with Gasteiger partial charge in [-0.15, -0.1) is 11.3 Å². The SMILES string of the molecule is COc1ccc(-c2csc3ncn(CCCCOc4ccc(C)cc4)c(=O)c23)cc1OC. The fraction of sp³-hybridized carbons (Fsp3) is 0.280. The van der Waals surface area contributed by atoms with Crippen LogP contribution in [0.2, 0.25) is 0 Å². The maximum atomic E-state index is 13.2. The zero-order valence-electron chi connectivity index (χ0n) is 18.5. The number of ether oxygens (including phenoxy) is 3. The van der Waals surface area contributed by atoms with Crippen LogP contribution in [0.5, 0.6) is 17.2 Å². The highest BCUT2D eigenvalue weighted by atomic mass is 32.1. The molecule has 6 nitrogen and oxygen atoms in total. The summed E-state index contributed by atoms with van der Waals surface area (Å²) in [5, 5.41) is 2.61. The Morgan fingerprint density at radius 1 is 1.00 bits per heavy atom. The summed E-state index contributed by atoms with van der Waals surface area (Å²) in [4.78, 5) is 18.5. The summed E-state index contributed by atoms with van der Waals surface area (Å²) in [6, 6.07) is 13.7. The number of thiophene rings is 1. The van der Waals surface area contributed by atoms with Gasteiger partial charge in [-0.25, -0.2) is 4.98 Å². The first kappa shape index (κ1) is 21.9. The van der Waals surface area contributed by atoms with E-state index in [-0.39, 0.29) is 5.56 Å². The minimum absolute atomic E-state index is 0.0273. The third-order valence-electron chi connectivity index (χ3n) is 5.34. The molecule has 0 aliphatic rings. The van der Waals surface area contributed by atoms with E-state index in [4.69, 9.17) is 14.2 Å². The number of methoxy groups -OCH3 is 2. The topological polar surface area (TPSA) is 62.6 Å². The Hall–Kier alpha value is -3.32. The van der Waals surface area contributed by atoms with Crippen molar-refractivity contribution < 1.29 is 14.2 Å². The summed E-state index contributed by atoms with van der Waals surface area (Å²) in [6.07, 6.45) is 3.32. The summed E-state index contributed by atoms with van der Waals surface area (Å²) >= 11 is 1.47. The Morgan fingerprint density at radius 3 is 2.53 bits per heavy atom. The molecule has 0 radical (unpaired) electrons. The van der Waals surface area contributed by atoms with Crippen LogP contribution in [0.3, 0.4) is 0 Å². The minimum atomic E-state index is -0.0273. The van der Waals surface area contributed by atoms with E-state index in [2.05, 4.69) is 11.9 Å². The average Bonchev–Trinajstić information content (AvgIpc) is 3.26. The van der Waals surface area contributed by atoms with Crippen LogP contribution in [-0.2, 0) is 6.54 Å². The third-order valence-corrected chi connectivity index (χ3v) is 6.22. The van der Waals surface area contributed by atoms with E-state index >= 15 is 0 Å². The van der Waals surface area contributed by atoms with Crippen LogP contribution >= 0.6 is 11.3 Å². The van der Waals surface area contributed by atoms with Crippen LogP contribution in [0.15, 0.2) is 59.0 Å². The zero-order valence-corrected chi connectivity index (χ0v) is 19.3. The highest BCUT2D eigenvalue weighted by Crippen LogP contribution is 2.36. The second-order valence-electron chi connectivity index (χ2n) is 7.51. The fourth-order valence-electron chi connectivity index (χ4n) is 3.55. The van der Waals surface area contributed by atoms with E-state index in [0.29, 0.717) is 30.0 Å². The van der Waals surface area contributed by atoms with Crippen molar-refractivity contribution in [2.45, 2.75) is 26.3 Å². The third kappa shape index (κ3) is 4.62. The van der Waals surface area contributed by atoms with E-state index in [1.807, 2.05) is 47.8 Å². The second kappa shape index (κ2) is 9.87. The summed E-state index contributed by atoms with van der Waals surface area (Å²) in [7, 11) is 3.20. The van der Waals surface area contributed by atoms with Crippen LogP contribution < -0.4 is 19.8 Å². The van der Waals surface area contributed by atoms with E-state index in [0.717, 1.165) is 34.5 Å². The quantitative estimate of drug-likeness (QED) is 0.323. The molecule has 0 saturated heterocycles. The van der Waals surface area contributed by atoms with Crippen LogP contribution in [0.1, 0.15) is 18.4 Å². The molecule has 0 saturated carbocycles. The maximum Gasteiger partial charge on any atom is 0.262 e. The second-order valence-corrected chi connectivity index (χ2v) is 8.37. The predicted octanol–water partition coefficient (Wildman–Crippen LogP) is 5.31. The van der Waals surface area contributed by atoms with Crippen molar-refractivity contribution in [1.82, 2.24) is 9.55 Å². The van der Waals surface area contributed by atoms with Gasteiger partial charge in [-0.05, 0) is 49.6 Å². The molecule has 0 aliphatic carbocycles. The number of fused-ring (bicyclic) bond motifs is 1. The summed E-state index contributed by atoms with van der Waals surface area (Å²) in [6.45, 7) is 3.26. The van der Waals surface area contributed by atoms with E-state index < -0.39 is 0 Å². The number of hydrogen-bond donors (Lipinski definition) is 0. The lowest BCUT2D eigenvalue weighted by molar-refractivity contribution is 0.303. The van der Waals surface area contributed by atoms with E-state index in [9.17, 15) is 4.79 Å². The molecule has 0 aliphatic heterocycles. The lowest BCUT2D eigenvalue weighted by Crippen LogP contribution is -2.20. The number of unbranched alkanes of at least 4 members (excludes halogenated alkanes) is 1. The maximum absolute atomic E-state index is 13.2. The van der Waals surface area contributed by atoms with Gasteiger partial charge in [-0.2, -0.15) is 0 Å². The van der Waals surface area contributed by atoms with Gasteiger partial charge >= 0.3 is 0 Å². The van der Waals surface area contributed by atoms with Crippen molar-refractivity contribution in [3.8, 4) is 28.4 Å². The molecule has 2 heterocycles. The summed E-state index contributed by atoms with van der Waals surface area (Å²) in [5.74, 6) is 2.15. The van der Waals surface area contributed by atoms with Crippen molar-refractivity contribution in [1.29, 1.82) is 0 Å². The van der Waals surface area contributed by atoms with Crippen molar-refractivity contribution in [3.63, 3.8) is 0 Å². The molecular weight excluding hydrogens is 424 g/mol. The molecule has 32 heavy (non-hydrogen) atoms. The van der Waals surface area contributed by atoms with Crippen LogP contribution in [-0.4, -0.2) is 30.4 Å². The number of nitrogens with zero attached hydrogens (tertiary/aromatic N) is 2. The zero-order chi connectivity index (χ0) is 22.5. The molecule has 0 fully saturated rings. The first-order valence-corrected chi connectivity index (χ1v) is 11.4. The van der Waals surface area contributed by atoms with Gasteiger partial charge in [-0.1, -0.05) is 23.8 Å².